The number of carbonyl (C=O) groups is 2. The van der Waals surface area contributed by atoms with Gasteiger partial charge in [-0.2, -0.15) is 0 Å². The molecule has 1 N–H and O–H groups in total. The molecule has 2 aliphatic heterocycles. The van der Waals surface area contributed by atoms with Crippen LogP contribution < -0.4 is 10.1 Å². The third kappa shape index (κ3) is 5.16. The van der Waals surface area contributed by atoms with Gasteiger partial charge < -0.3 is 10.1 Å². The second-order valence-electron chi connectivity index (χ2n) is 8.54. The van der Waals surface area contributed by atoms with Gasteiger partial charge in [0.1, 0.15) is 5.75 Å². The number of ether oxygens (including phenoxy) is 1. The van der Waals surface area contributed by atoms with E-state index in [0.717, 1.165) is 31.5 Å². The molecule has 1 unspecified atom stereocenters. The third-order valence-corrected chi connectivity index (χ3v) is 6.28. The fourth-order valence-electron chi connectivity index (χ4n) is 4.71. The average Bonchev–Trinajstić information content (AvgIpc) is 3.27. The summed E-state index contributed by atoms with van der Waals surface area (Å²) in [6, 6.07) is 11.9. The molecule has 0 radical (unpaired) electrons. The zero-order chi connectivity index (χ0) is 21.8. The van der Waals surface area contributed by atoms with Gasteiger partial charge >= 0.3 is 0 Å². The maximum Gasteiger partial charge on any atom is 0.255 e. The van der Waals surface area contributed by atoms with Gasteiger partial charge in [0, 0.05) is 30.3 Å². The molecule has 0 aliphatic carbocycles. The molecule has 0 aromatic heterocycles. The van der Waals surface area contributed by atoms with Crippen LogP contribution in [-0.2, 0) is 6.42 Å². The van der Waals surface area contributed by atoms with Crippen LogP contribution in [0.15, 0.2) is 36.4 Å². The minimum atomic E-state index is -0.202. The fraction of sp³-hybridized carbons (Fsp3) is 0.462. The smallest absolute Gasteiger partial charge is 0.255 e. The first-order chi connectivity index (χ1) is 15.1. The van der Waals surface area contributed by atoms with E-state index in [1.54, 1.807) is 18.2 Å². The number of nitrogens with one attached hydrogen (secondary N) is 1. The first-order valence-electron chi connectivity index (χ1n) is 11.6. The van der Waals surface area contributed by atoms with Crippen LogP contribution in [0.5, 0.6) is 5.75 Å². The lowest BCUT2D eigenvalue weighted by molar-refractivity contribution is 0.0977. The summed E-state index contributed by atoms with van der Waals surface area (Å²) in [5.74, 6) is 0.372. The first-order valence-corrected chi connectivity index (χ1v) is 11.6. The summed E-state index contributed by atoms with van der Waals surface area (Å²) in [5.41, 5.74) is 4.53. The van der Waals surface area contributed by atoms with Crippen molar-refractivity contribution in [3.8, 4) is 5.75 Å². The van der Waals surface area contributed by atoms with Crippen LogP contribution in [0.1, 0.15) is 83.8 Å². The minimum Gasteiger partial charge on any atom is -0.493 e. The van der Waals surface area contributed by atoms with Gasteiger partial charge in [0.15, 0.2) is 5.78 Å². The van der Waals surface area contributed by atoms with Crippen molar-refractivity contribution in [2.45, 2.75) is 58.4 Å². The third-order valence-electron chi connectivity index (χ3n) is 6.28. The average molecular weight is 457 g/mol. The Morgan fingerprint density at radius 1 is 1.09 bits per heavy atom. The summed E-state index contributed by atoms with van der Waals surface area (Å²) >= 11 is 0. The number of amides is 1. The highest BCUT2D eigenvalue weighted by atomic mass is 35.5. The molecule has 0 spiro atoms. The number of Topliss-reactive ketones (excluding diaryl/α,β-unsaturated/α-hetero) is 1. The minimum absolute atomic E-state index is 0. The molecule has 2 heterocycles. The van der Waals surface area contributed by atoms with Crippen LogP contribution in [0.2, 0.25) is 0 Å². The topological polar surface area (TPSA) is 58.6 Å². The Kier molecular flexibility index (Phi) is 8.32. The van der Waals surface area contributed by atoms with Gasteiger partial charge in [-0.25, -0.2) is 0 Å². The van der Waals surface area contributed by atoms with Crippen molar-refractivity contribution in [3.63, 3.8) is 0 Å². The van der Waals surface area contributed by atoms with E-state index in [0.29, 0.717) is 35.9 Å². The Balaban J connectivity index is 0.00000289. The van der Waals surface area contributed by atoms with Crippen molar-refractivity contribution >= 4 is 29.8 Å². The van der Waals surface area contributed by atoms with Crippen LogP contribution in [0, 0.1) is 0 Å². The number of rotatable bonds is 8. The number of halogens is 1. The Morgan fingerprint density at radius 2 is 1.94 bits per heavy atom. The molecule has 0 saturated carbocycles. The molecular weight excluding hydrogens is 424 g/mol. The Bertz CT molecular complexity index is 976. The lowest BCUT2D eigenvalue weighted by Gasteiger charge is -2.32. The molecule has 6 heteroatoms. The summed E-state index contributed by atoms with van der Waals surface area (Å²) in [6.07, 6.45) is 5.56. The molecule has 2 aromatic rings. The number of fused-ring (bicyclic) bond motifs is 3. The van der Waals surface area contributed by atoms with E-state index < -0.39 is 0 Å². The number of hydrogen-bond donors (Lipinski definition) is 1. The van der Waals surface area contributed by atoms with Crippen molar-refractivity contribution in [1.29, 1.82) is 0 Å². The number of hydrogen-bond acceptors (Lipinski definition) is 4. The van der Waals surface area contributed by atoms with Gasteiger partial charge in [0.25, 0.3) is 5.91 Å². The molecule has 2 aromatic carbocycles. The van der Waals surface area contributed by atoms with Crippen LogP contribution in [0.3, 0.4) is 0 Å². The van der Waals surface area contributed by atoms with Crippen LogP contribution in [-0.4, -0.2) is 36.3 Å². The molecule has 5 nitrogen and oxygen atoms in total. The van der Waals surface area contributed by atoms with E-state index in [9.17, 15) is 9.59 Å². The van der Waals surface area contributed by atoms with E-state index in [2.05, 4.69) is 22.3 Å². The van der Waals surface area contributed by atoms with Gasteiger partial charge in [-0.3, -0.25) is 14.5 Å². The van der Waals surface area contributed by atoms with Gasteiger partial charge in [0.05, 0.1) is 12.2 Å². The second kappa shape index (κ2) is 11.0. The van der Waals surface area contributed by atoms with Crippen LogP contribution >= 0.6 is 12.4 Å². The van der Waals surface area contributed by atoms with E-state index >= 15 is 0 Å². The summed E-state index contributed by atoms with van der Waals surface area (Å²) in [5, 5.41) is 3.04. The Labute approximate surface area is 196 Å². The van der Waals surface area contributed by atoms with Crippen molar-refractivity contribution < 1.29 is 14.3 Å². The molecule has 0 bridgehead atoms. The molecule has 1 fully saturated rings. The summed E-state index contributed by atoms with van der Waals surface area (Å²) < 4.78 is 5.75. The van der Waals surface area contributed by atoms with E-state index in [1.807, 2.05) is 19.9 Å². The van der Waals surface area contributed by atoms with Gasteiger partial charge in [-0.1, -0.05) is 19.9 Å². The van der Waals surface area contributed by atoms with Crippen molar-refractivity contribution in [3.05, 3.63) is 58.7 Å². The summed E-state index contributed by atoms with van der Waals surface area (Å²) in [4.78, 5) is 28.2. The van der Waals surface area contributed by atoms with Crippen molar-refractivity contribution in [2.75, 3.05) is 25.0 Å². The zero-order valence-electron chi connectivity index (χ0n) is 19.0. The molecule has 1 atom stereocenters. The van der Waals surface area contributed by atoms with Crippen LogP contribution in [0.4, 0.5) is 5.69 Å². The van der Waals surface area contributed by atoms with Gasteiger partial charge in [0.2, 0.25) is 0 Å². The second-order valence-corrected chi connectivity index (χ2v) is 8.54. The largest absolute Gasteiger partial charge is 0.493 e. The van der Waals surface area contributed by atoms with Gasteiger partial charge in [-0.15, -0.1) is 12.4 Å². The highest BCUT2D eigenvalue weighted by Crippen LogP contribution is 2.38. The van der Waals surface area contributed by atoms with Crippen molar-refractivity contribution in [1.82, 2.24) is 4.90 Å². The number of nitrogens with zero attached hydrogens (tertiary/aromatic N) is 1. The summed E-state index contributed by atoms with van der Waals surface area (Å²) in [6.45, 7) is 6.85. The van der Waals surface area contributed by atoms with Crippen LogP contribution in [0.25, 0.3) is 0 Å². The standard InChI is InChI=1S/C26H32N2O3.ClH/c1-3-6-24(29)22-16-19(9-11-25(22)31-15-4-2)26(30)27-20-10-8-18-12-14-28-13-5-7-23(28)21(18)17-20;/h8-11,16-17,23H,3-7,12-15H2,1-2H3,(H,27,30);1H. The fourth-order valence-corrected chi connectivity index (χ4v) is 4.71. The number of ketones is 1. The maximum atomic E-state index is 13.0. The quantitative estimate of drug-likeness (QED) is 0.508. The molecule has 32 heavy (non-hydrogen) atoms. The lowest BCUT2D eigenvalue weighted by atomic mass is 9.92. The van der Waals surface area contributed by atoms with Gasteiger partial charge in [-0.05, 0) is 80.1 Å². The Hall–Kier alpha value is -2.37. The maximum absolute atomic E-state index is 13.0. The number of anilines is 1. The highest BCUT2D eigenvalue weighted by Gasteiger charge is 2.31. The van der Waals surface area contributed by atoms with E-state index in [4.69, 9.17) is 4.74 Å². The monoisotopic (exact) mass is 456 g/mol. The molecule has 4 rings (SSSR count). The predicted molar refractivity (Wildman–Crippen MR) is 130 cm³/mol. The molecule has 1 saturated heterocycles. The molecule has 2 aliphatic rings. The van der Waals surface area contributed by atoms with E-state index in [1.165, 1.54) is 30.5 Å². The first kappa shape index (κ1) is 24.3. The lowest BCUT2D eigenvalue weighted by Crippen LogP contribution is -2.31. The number of carbonyl (C=O) groups excluding carboxylic acids is 2. The Morgan fingerprint density at radius 3 is 2.72 bits per heavy atom. The molecule has 172 valence electrons. The summed E-state index contributed by atoms with van der Waals surface area (Å²) in [7, 11) is 0. The van der Waals surface area contributed by atoms with Crippen molar-refractivity contribution in [2.24, 2.45) is 0 Å². The van der Waals surface area contributed by atoms with E-state index in [-0.39, 0.29) is 24.1 Å². The number of benzene rings is 2. The predicted octanol–water partition coefficient (Wildman–Crippen LogP) is 5.83. The molecular formula is C26H33ClN2O3. The molecule has 1 amide bonds. The normalized spacial score (nSPS) is 17.1. The zero-order valence-corrected chi connectivity index (χ0v) is 19.8. The SMILES string of the molecule is CCCOc1ccc(C(=O)Nc2ccc3c(c2)C2CCCN2CC3)cc1C(=O)CCC.Cl. The highest BCUT2D eigenvalue weighted by molar-refractivity contribution is 6.07.